The first kappa shape index (κ1) is 19.0. The quantitative estimate of drug-likeness (QED) is 0.770. The molecule has 1 aromatic carbocycles. The van der Waals surface area contributed by atoms with E-state index >= 15 is 0 Å². The predicted octanol–water partition coefficient (Wildman–Crippen LogP) is 4.82. The molecule has 0 aliphatic carbocycles. The van der Waals surface area contributed by atoms with Crippen LogP contribution in [0, 0.1) is 13.8 Å². The lowest BCUT2D eigenvalue weighted by Gasteiger charge is -2.42. The fourth-order valence-corrected chi connectivity index (χ4v) is 4.12. The molecule has 1 unspecified atom stereocenters. The molecule has 1 amide bonds. The van der Waals surface area contributed by atoms with Gasteiger partial charge < -0.3 is 9.80 Å². The number of carbonyl (C=O) groups excluding carboxylic acids is 1. The molecule has 1 aromatic rings. The molecule has 1 fully saturated rings. The molecule has 0 spiro atoms. The summed E-state index contributed by atoms with van der Waals surface area (Å²) in [5.41, 5.74) is 3.30. The van der Waals surface area contributed by atoms with Gasteiger partial charge in [0.1, 0.15) is 0 Å². The Hall–Kier alpha value is -1.35. The van der Waals surface area contributed by atoms with Crippen LogP contribution in [0.3, 0.4) is 0 Å². The minimum absolute atomic E-state index is 0.0621. The van der Waals surface area contributed by atoms with Crippen LogP contribution in [0.1, 0.15) is 63.0 Å². The number of quaternary nitrogens is 1. The Kier molecular flexibility index (Phi) is 6.85. The topological polar surface area (TPSA) is 29.1 Å². The van der Waals surface area contributed by atoms with Gasteiger partial charge in [0.25, 0.3) is 5.91 Å². The molecule has 24 heavy (non-hydrogen) atoms. The van der Waals surface area contributed by atoms with Crippen molar-refractivity contribution in [3.05, 3.63) is 29.3 Å². The highest BCUT2D eigenvalue weighted by atomic mass is 16.2. The number of benzene rings is 1. The molecular weight excluding hydrogens is 296 g/mol. The number of likely N-dealkylation sites (tertiary alicyclic amines) is 1. The van der Waals surface area contributed by atoms with Gasteiger partial charge >= 0.3 is 0 Å². The zero-order valence-corrected chi connectivity index (χ0v) is 16.0. The van der Waals surface area contributed by atoms with E-state index in [9.17, 15) is 4.79 Å². The SMILES string of the molecule is CCCC(C(=O)Nc1c(C)cccc1C)[N+]1(C)CCCCCCC1. The summed E-state index contributed by atoms with van der Waals surface area (Å²) in [6.45, 7) is 8.60. The first-order valence-electron chi connectivity index (χ1n) is 9.69. The lowest BCUT2D eigenvalue weighted by Crippen LogP contribution is -2.58. The highest BCUT2D eigenvalue weighted by molar-refractivity contribution is 5.95. The number of amides is 1. The second kappa shape index (κ2) is 8.66. The van der Waals surface area contributed by atoms with Crippen LogP contribution in [0.5, 0.6) is 0 Å². The van der Waals surface area contributed by atoms with Gasteiger partial charge in [-0.2, -0.15) is 0 Å². The van der Waals surface area contributed by atoms with Gasteiger partial charge in [-0.1, -0.05) is 31.5 Å². The van der Waals surface area contributed by atoms with Crippen molar-refractivity contribution in [1.29, 1.82) is 0 Å². The summed E-state index contributed by atoms with van der Waals surface area (Å²) in [4.78, 5) is 13.2. The molecule has 1 aliphatic heterocycles. The van der Waals surface area contributed by atoms with Gasteiger partial charge in [-0.25, -0.2) is 0 Å². The van der Waals surface area contributed by atoms with E-state index in [2.05, 4.69) is 51.3 Å². The molecule has 3 nitrogen and oxygen atoms in total. The van der Waals surface area contributed by atoms with Crippen LogP contribution in [0.25, 0.3) is 0 Å². The number of aryl methyl sites for hydroxylation is 2. The molecule has 1 aliphatic rings. The average Bonchev–Trinajstić information content (AvgIpc) is 2.52. The van der Waals surface area contributed by atoms with Gasteiger partial charge in [-0.05, 0) is 57.1 Å². The molecular formula is C21H35N2O+. The molecule has 1 N–H and O–H groups in total. The predicted molar refractivity (Wildman–Crippen MR) is 102 cm³/mol. The molecule has 0 saturated carbocycles. The first-order chi connectivity index (χ1) is 11.5. The summed E-state index contributed by atoms with van der Waals surface area (Å²) >= 11 is 0. The summed E-state index contributed by atoms with van der Waals surface area (Å²) < 4.78 is 0.907. The Bertz CT molecular complexity index is 525. The zero-order chi connectivity index (χ0) is 17.6. The van der Waals surface area contributed by atoms with E-state index in [1.54, 1.807) is 0 Å². The van der Waals surface area contributed by atoms with Crippen LogP contribution < -0.4 is 5.32 Å². The van der Waals surface area contributed by atoms with Crippen LogP contribution in [-0.2, 0) is 4.79 Å². The molecule has 0 radical (unpaired) electrons. The largest absolute Gasteiger partial charge is 0.320 e. The zero-order valence-electron chi connectivity index (χ0n) is 16.0. The van der Waals surface area contributed by atoms with E-state index in [0.29, 0.717) is 0 Å². The third-order valence-electron chi connectivity index (χ3n) is 5.68. The van der Waals surface area contributed by atoms with Gasteiger partial charge in [-0.15, -0.1) is 0 Å². The maximum Gasteiger partial charge on any atom is 0.282 e. The summed E-state index contributed by atoms with van der Waals surface area (Å²) in [5.74, 6) is 0.206. The van der Waals surface area contributed by atoms with Crippen LogP contribution in [-0.4, -0.2) is 36.6 Å². The third-order valence-corrected chi connectivity index (χ3v) is 5.68. The Balaban J connectivity index is 2.20. The van der Waals surface area contributed by atoms with E-state index in [1.165, 1.54) is 32.1 Å². The minimum Gasteiger partial charge on any atom is -0.320 e. The van der Waals surface area contributed by atoms with Gasteiger partial charge in [0, 0.05) is 12.1 Å². The molecule has 2 rings (SSSR count). The van der Waals surface area contributed by atoms with Gasteiger partial charge in [0.15, 0.2) is 6.04 Å². The van der Waals surface area contributed by atoms with Crippen LogP contribution in [0.2, 0.25) is 0 Å². The van der Waals surface area contributed by atoms with Gasteiger partial charge in [0.05, 0.1) is 20.1 Å². The van der Waals surface area contributed by atoms with Crippen molar-refractivity contribution in [3.63, 3.8) is 0 Å². The number of hydrogen-bond donors (Lipinski definition) is 1. The maximum atomic E-state index is 13.2. The van der Waals surface area contributed by atoms with Crippen LogP contribution in [0.15, 0.2) is 18.2 Å². The van der Waals surface area contributed by atoms with Crippen LogP contribution >= 0.6 is 0 Å². The normalized spacial score (nSPS) is 19.2. The highest BCUT2D eigenvalue weighted by Crippen LogP contribution is 2.25. The average molecular weight is 332 g/mol. The summed E-state index contributed by atoms with van der Waals surface area (Å²) in [6, 6.07) is 6.26. The van der Waals surface area contributed by atoms with Gasteiger partial charge in [0.2, 0.25) is 0 Å². The molecule has 3 heteroatoms. The Morgan fingerprint density at radius 3 is 2.17 bits per heavy atom. The number of likely N-dealkylation sites (N-methyl/N-ethyl adjacent to an activating group) is 1. The van der Waals surface area contributed by atoms with E-state index in [1.807, 2.05) is 0 Å². The number of nitrogens with zero attached hydrogens (tertiary/aromatic N) is 1. The van der Waals surface area contributed by atoms with Crippen molar-refractivity contribution in [2.75, 3.05) is 25.5 Å². The monoisotopic (exact) mass is 331 g/mol. The lowest BCUT2D eigenvalue weighted by atomic mass is 10.00. The Morgan fingerprint density at radius 1 is 1.08 bits per heavy atom. The fraction of sp³-hybridized carbons (Fsp3) is 0.667. The molecule has 1 saturated heterocycles. The van der Waals surface area contributed by atoms with E-state index in [0.717, 1.165) is 47.2 Å². The van der Waals surface area contributed by atoms with E-state index in [-0.39, 0.29) is 11.9 Å². The van der Waals surface area contributed by atoms with Crippen molar-refractivity contribution in [1.82, 2.24) is 0 Å². The molecule has 134 valence electrons. The van der Waals surface area contributed by atoms with Crippen molar-refractivity contribution < 1.29 is 9.28 Å². The van der Waals surface area contributed by atoms with E-state index < -0.39 is 0 Å². The third kappa shape index (κ3) is 4.60. The number of hydrogen-bond acceptors (Lipinski definition) is 1. The Labute approximate surface area is 148 Å². The lowest BCUT2D eigenvalue weighted by molar-refractivity contribution is -0.925. The van der Waals surface area contributed by atoms with Crippen molar-refractivity contribution >= 4 is 11.6 Å². The Morgan fingerprint density at radius 2 is 1.62 bits per heavy atom. The minimum atomic E-state index is 0.0621. The van der Waals surface area contributed by atoms with Crippen molar-refractivity contribution in [2.24, 2.45) is 0 Å². The number of rotatable bonds is 5. The molecule has 0 bridgehead atoms. The van der Waals surface area contributed by atoms with Gasteiger partial charge in [-0.3, -0.25) is 4.79 Å². The number of para-hydroxylation sites is 1. The van der Waals surface area contributed by atoms with Crippen molar-refractivity contribution in [3.8, 4) is 0 Å². The first-order valence-corrected chi connectivity index (χ1v) is 9.69. The van der Waals surface area contributed by atoms with Crippen LogP contribution in [0.4, 0.5) is 5.69 Å². The fourth-order valence-electron chi connectivity index (χ4n) is 4.12. The highest BCUT2D eigenvalue weighted by Gasteiger charge is 2.37. The number of anilines is 1. The molecule has 0 aromatic heterocycles. The second-order valence-electron chi connectivity index (χ2n) is 7.75. The number of carbonyl (C=O) groups is 1. The van der Waals surface area contributed by atoms with E-state index in [4.69, 9.17) is 0 Å². The maximum absolute atomic E-state index is 13.2. The molecule has 1 atom stereocenters. The number of nitrogens with one attached hydrogen (secondary N) is 1. The summed E-state index contributed by atoms with van der Waals surface area (Å²) in [5, 5.41) is 3.27. The standard InChI is InChI=1S/C21H34N2O/c1-5-12-19(23(4)15-9-7-6-8-10-16-23)21(24)22-20-17(2)13-11-14-18(20)3/h11,13-14,19H,5-10,12,15-16H2,1-4H3/p+1. The van der Waals surface area contributed by atoms with Crippen molar-refractivity contribution in [2.45, 2.75) is 71.8 Å². The smallest absolute Gasteiger partial charge is 0.282 e. The summed E-state index contributed by atoms with van der Waals surface area (Å²) in [6.07, 6.45) is 8.48. The molecule has 1 heterocycles. The second-order valence-corrected chi connectivity index (χ2v) is 7.75. The summed E-state index contributed by atoms with van der Waals surface area (Å²) in [7, 11) is 2.30.